The first-order valence-corrected chi connectivity index (χ1v) is 6.93. The van der Waals surface area contributed by atoms with Crippen LogP contribution in [0.2, 0.25) is 0 Å². The highest BCUT2D eigenvalue weighted by molar-refractivity contribution is 5.00. The fourth-order valence-electron chi connectivity index (χ4n) is 3.48. The van der Waals surface area contributed by atoms with E-state index in [1.54, 1.807) is 0 Å². The predicted octanol–water partition coefficient (Wildman–Crippen LogP) is 2.52. The molecule has 2 heteroatoms. The number of aliphatic hydroxyl groups is 1. The summed E-state index contributed by atoms with van der Waals surface area (Å²) in [5.41, 5.74) is 0.142. The van der Waals surface area contributed by atoms with Crippen LogP contribution in [0.25, 0.3) is 0 Å². The third-order valence-electron chi connectivity index (χ3n) is 4.89. The highest BCUT2D eigenvalue weighted by atomic mass is 16.3. The van der Waals surface area contributed by atoms with Crippen LogP contribution in [0, 0.1) is 17.8 Å². The van der Waals surface area contributed by atoms with Crippen molar-refractivity contribution >= 4 is 0 Å². The molecule has 0 aromatic heterocycles. The van der Waals surface area contributed by atoms with E-state index < -0.39 is 0 Å². The third-order valence-corrected chi connectivity index (χ3v) is 4.89. The van der Waals surface area contributed by atoms with Crippen molar-refractivity contribution in [3.63, 3.8) is 0 Å². The zero-order valence-electron chi connectivity index (χ0n) is 11.1. The largest absolute Gasteiger partial charge is 0.394 e. The lowest BCUT2D eigenvalue weighted by molar-refractivity contribution is -0.0850. The van der Waals surface area contributed by atoms with Crippen LogP contribution in [0.4, 0.5) is 0 Å². The van der Waals surface area contributed by atoms with Crippen molar-refractivity contribution in [3.05, 3.63) is 0 Å². The summed E-state index contributed by atoms with van der Waals surface area (Å²) in [6.07, 6.45) is 5.06. The van der Waals surface area contributed by atoms with Gasteiger partial charge in [0, 0.05) is 18.6 Å². The molecule has 94 valence electrons. The molecule has 1 heterocycles. The Morgan fingerprint density at radius 2 is 2.06 bits per heavy atom. The molecule has 0 spiro atoms. The standard InChI is InChI=1S/C14H27NO/c1-11(2)13-8-15(9-13)14(10-16)6-4-5-12(3)7-14/h11-13,16H,4-10H2,1-3H3. The Morgan fingerprint density at radius 3 is 2.56 bits per heavy atom. The maximum atomic E-state index is 9.78. The van der Waals surface area contributed by atoms with Crippen LogP contribution in [0.15, 0.2) is 0 Å². The molecule has 1 aliphatic carbocycles. The molecule has 2 aliphatic rings. The van der Waals surface area contributed by atoms with Crippen LogP contribution in [-0.2, 0) is 0 Å². The van der Waals surface area contributed by atoms with Gasteiger partial charge >= 0.3 is 0 Å². The molecular weight excluding hydrogens is 198 g/mol. The molecule has 2 fully saturated rings. The molecule has 1 saturated heterocycles. The summed E-state index contributed by atoms with van der Waals surface area (Å²) >= 11 is 0. The van der Waals surface area contributed by atoms with E-state index in [1.807, 2.05) is 0 Å². The zero-order valence-corrected chi connectivity index (χ0v) is 11.1. The molecular formula is C14H27NO. The fraction of sp³-hybridized carbons (Fsp3) is 1.00. The fourth-order valence-corrected chi connectivity index (χ4v) is 3.48. The number of rotatable bonds is 3. The van der Waals surface area contributed by atoms with Crippen molar-refractivity contribution in [1.29, 1.82) is 0 Å². The topological polar surface area (TPSA) is 23.5 Å². The van der Waals surface area contributed by atoms with Gasteiger partial charge in [0.15, 0.2) is 0 Å². The monoisotopic (exact) mass is 225 g/mol. The van der Waals surface area contributed by atoms with Crippen LogP contribution < -0.4 is 0 Å². The first kappa shape index (κ1) is 12.4. The minimum atomic E-state index is 0.142. The van der Waals surface area contributed by atoms with E-state index >= 15 is 0 Å². The van der Waals surface area contributed by atoms with Crippen molar-refractivity contribution < 1.29 is 5.11 Å². The maximum Gasteiger partial charge on any atom is 0.0615 e. The Morgan fingerprint density at radius 1 is 1.38 bits per heavy atom. The molecule has 1 saturated carbocycles. The number of aliphatic hydroxyl groups excluding tert-OH is 1. The van der Waals surface area contributed by atoms with E-state index in [0.29, 0.717) is 6.61 Å². The first-order chi connectivity index (χ1) is 7.57. The van der Waals surface area contributed by atoms with Gasteiger partial charge in [0.25, 0.3) is 0 Å². The number of nitrogens with zero attached hydrogens (tertiary/aromatic N) is 1. The molecule has 0 bridgehead atoms. The molecule has 2 rings (SSSR count). The molecule has 0 aromatic carbocycles. The Balaban J connectivity index is 1.95. The molecule has 0 amide bonds. The summed E-state index contributed by atoms with van der Waals surface area (Å²) in [6.45, 7) is 9.76. The number of likely N-dealkylation sites (tertiary alicyclic amines) is 1. The van der Waals surface area contributed by atoms with Gasteiger partial charge in [0.1, 0.15) is 0 Å². The minimum absolute atomic E-state index is 0.142. The van der Waals surface area contributed by atoms with Gasteiger partial charge in [0.2, 0.25) is 0 Å². The summed E-state index contributed by atoms with van der Waals surface area (Å²) < 4.78 is 0. The van der Waals surface area contributed by atoms with E-state index in [0.717, 1.165) is 17.8 Å². The average molecular weight is 225 g/mol. The van der Waals surface area contributed by atoms with Crippen molar-refractivity contribution in [2.45, 2.75) is 52.0 Å². The zero-order chi connectivity index (χ0) is 11.8. The van der Waals surface area contributed by atoms with Gasteiger partial charge in [-0.25, -0.2) is 0 Å². The van der Waals surface area contributed by atoms with Crippen molar-refractivity contribution in [2.75, 3.05) is 19.7 Å². The lowest BCUT2D eigenvalue weighted by Gasteiger charge is -2.55. The second-order valence-corrected chi connectivity index (χ2v) is 6.49. The summed E-state index contributed by atoms with van der Waals surface area (Å²) in [5.74, 6) is 2.45. The van der Waals surface area contributed by atoms with Gasteiger partial charge in [-0.1, -0.05) is 33.6 Å². The van der Waals surface area contributed by atoms with Crippen LogP contribution in [0.3, 0.4) is 0 Å². The van der Waals surface area contributed by atoms with Crippen molar-refractivity contribution in [3.8, 4) is 0 Å². The van der Waals surface area contributed by atoms with Gasteiger partial charge in [-0.3, -0.25) is 4.90 Å². The lowest BCUT2D eigenvalue weighted by atomic mass is 9.72. The number of hydrogen-bond acceptors (Lipinski definition) is 2. The van der Waals surface area contributed by atoms with Crippen LogP contribution in [0.1, 0.15) is 46.5 Å². The summed E-state index contributed by atoms with van der Waals surface area (Å²) in [5, 5.41) is 9.78. The SMILES string of the molecule is CC1CCCC(CO)(N2CC(C(C)C)C2)C1. The Bertz CT molecular complexity index is 235. The Labute approximate surface area is 100 Å². The van der Waals surface area contributed by atoms with E-state index in [9.17, 15) is 5.11 Å². The molecule has 0 radical (unpaired) electrons. The normalized spacial score (nSPS) is 37.7. The van der Waals surface area contributed by atoms with Gasteiger partial charge in [0.05, 0.1) is 6.61 Å². The van der Waals surface area contributed by atoms with Gasteiger partial charge < -0.3 is 5.11 Å². The van der Waals surface area contributed by atoms with Crippen LogP contribution in [0.5, 0.6) is 0 Å². The molecule has 1 N–H and O–H groups in total. The van der Waals surface area contributed by atoms with Crippen molar-refractivity contribution in [1.82, 2.24) is 4.90 Å². The Hall–Kier alpha value is -0.0800. The van der Waals surface area contributed by atoms with Gasteiger partial charge in [-0.2, -0.15) is 0 Å². The van der Waals surface area contributed by atoms with Crippen LogP contribution >= 0.6 is 0 Å². The van der Waals surface area contributed by atoms with Crippen LogP contribution in [-0.4, -0.2) is 35.2 Å². The lowest BCUT2D eigenvalue weighted by Crippen LogP contribution is -2.63. The minimum Gasteiger partial charge on any atom is -0.394 e. The predicted molar refractivity (Wildman–Crippen MR) is 67.3 cm³/mol. The number of hydrogen-bond donors (Lipinski definition) is 1. The average Bonchev–Trinajstić information content (AvgIpc) is 2.14. The molecule has 1 aliphatic heterocycles. The summed E-state index contributed by atoms with van der Waals surface area (Å²) in [7, 11) is 0. The second kappa shape index (κ2) is 4.66. The van der Waals surface area contributed by atoms with E-state index in [1.165, 1.54) is 38.8 Å². The maximum absolute atomic E-state index is 9.78. The molecule has 2 atom stereocenters. The molecule has 0 aromatic rings. The van der Waals surface area contributed by atoms with E-state index in [4.69, 9.17) is 0 Å². The smallest absolute Gasteiger partial charge is 0.0615 e. The Kier molecular flexibility index (Phi) is 3.60. The van der Waals surface area contributed by atoms with E-state index in [2.05, 4.69) is 25.7 Å². The quantitative estimate of drug-likeness (QED) is 0.798. The second-order valence-electron chi connectivity index (χ2n) is 6.49. The first-order valence-electron chi connectivity index (χ1n) is 6.93. The highest BCUT2D eigenvalue weighted by Crippen LogP contribution is 2.41. The third kappa shape index (κ3) is 2.14. The summed E-state index contributed by atoms with van der Waals surface area (Å²) in [6, 6.07) is 0. The molecule has 2 unspecified atom stereocenters. The van der Waals surface area contributed by atoms with E-state index in [-0.39, 0.29) is 5.54 Å². The van der Waals surface area contributed by atoms with Gasteiger partial charge in [-0.05, 0) is 30.6 Å². The highest BCUT2D eigenvalue weighted by Gasteiger charge is 2.45. The van der Waals surface area contributed by atoms with Crippen molar-refractivity contribution in [2.24, 2.45) is 17.8 Å². The summed E-state index contributed by atoms with van der Waals surface area (Å²) in [4.78, 5) is 2.56. The molecule has 16 heavy (non-hydrogen) atoms. The van der Waals surface area contributed by atoms with Gasteiger partial charge in [-0.15, -0.1) is 0 Å². The molecule has 2 nitrogen and oxygen atoms in total.